The van der Waals surface area contributed by atoms with Crippen molar-refractivity contribution in [1.29, 1.82) is 0 Å². The lowest BCUT2D eigenvalue weighted by atomic mass is 10.2. The quantitative estimate of drug-likeness (QED) is 0.797. The van der Waals surface area contributed by atoms with Crippen molar-refractivity contribution in [3.63, 3.8) is 0 Å². The van der Waals surface area contributed by atoms with E-state index in [-0.39, 0.29) is 0 Å². The second-order valence-corrected chi connectivity index (χ2v) is 4.12. The lowest BCUT2D eigenvalue weighted by Crippen LogP contribution is -2.21. The van der Waals surface area contributed by atoms with Crippen molar-refractivity contribution >= 4 is 17.4 Å². The average molecular weight is 229 g/mol. The Kier molecular flexibility index (Phi) is 4.29. The summed E-state index contributed by atoms with van der Waals surface area (Å²) in [5, 5.41) is 3.55. The Hall–Kier alpha value is -0.870. The summed E-state index contributed by atoms with van der Waals surface area (Å²) in [5.74, 6) is 0.828. The molecule has 84 valence electrons. The van der Waals surface area contributed by atoms with Crippen LogP contribution < -0.4 is 5.32 Å². The van der Waals surface area contributed by atoms with Gasteiger partial charge in [-0.1, -0.05) is 0 Å². The summed E-state index contributed by atoms with van der Waals surface area (Å²) in [6.45, 7) is 5.73. The van der Waals surface area contributed by atoms with E-state index in [1.165, 1.54) is 0 Å². The molecule has 0 saturated carbocycles. The molecule has 0 radical (unpaired) electrons. The zero-order chi connectivity index (χ0) is 11.4. The van der Waals surface area contributed by atoms with Gasteiger partial charge in [-0.15, -0.1) is 0 Å². The van der Waals surface area contributed by atoms with Gasteiger partial charge in [0.25, 0.3) is 0 Å². The number of rotatable bonds is 4. The third-order valence-corrected chi connectivity index (χ3v) is 2.38. The van der Waals surface area contributed by atoms with E-state index in [4.69, 9.17) is 11.6 Å². The van der Waals surface area contributed by atoms with Crippen LogP contribution in [0.5, 0.6) is 0 Å². The highest BCUT2D eigenvalue weighted by Crippen LogP contribution is 2.16. The highest BCUT2D eigenvalue weighted by atomic mass is 35.5. The number of anilines is 1. The molecule has 0 bridgehead atoms. The fourth-order valence-corrected chi connectivity index (χ4v) is 1.38. The normalized spacial score (nSPS) is 10.8. The zero-order valence-electron chi connectivity index (χ0n) is 9.63. The molecule has 1 N–H and O–H groups in total. The Labute approximate surface area is 95.7 Å². The SMILES string of the molecule is Cc1nc(Cl)nc(NCCN(C)C)c1C. The number of halogens is 1. The van der Waals surface area contributed by atoms with Crippen LogP contribution in [0.4, 0.5) is 5.82 Å². The monoisotopic (exact) mass is 228 g/mol. The van der Waals surface area contributed by atoms with E-state index < -0.39 is 0 Å². The highest BCUT2D eigenvalue weighted by molar-refractivity contribution is 6.28. The molecule has 0 amide bonds. The lowest BCUT2D eigenvalue weighted by molar-refractivity contribution is 0.425. The molecule has 5 heteroatoms. The number of aromatic nitrogens is 2. The molecule has 1 rings (SSSR count). The molecular formula is C10H17ClN4. The molecule has 0 spiro atoms. The minimum atomic E-state index is 0.297. The van der Waals surface area contributed by atoms with E-state index in [0.717, 1.165) is 30.2 Å². The maximum absolute atomic E-state index is 5.79. The van der Waals surface area contributed by atoms with Crippen LogP contribution >= 0.6 is 11.6 Å². The van der Waals surface area contributed by atoms with Gasteiger partial charge in [0, 0.05) is 24.3 Å². The standard InChI is InChI=1S/C10H17ClN4/c1-7-8(2)13-10(11)14-9(7)12-5-6-15(3)4/h5-6H2,1-4H3,(H,12,13,14). The maximum Gasteiger partial charge on any atom is 0.224 e. The smallest absolute Gasteiger partial charge is 0.224 e. The van der Waals surface area contributed by atoms with Gasteiger partial charge in [-0.05, 0) is 39.5 Å². The van der Waals surface area contributed by atoms with Gasteiger partial charge in [0.1, 0.15) is 5.82 Å². The minimum Gasteiger partial charge on any atom is -0.368 e. The van der Waals surface area contributed by atoms with Gasteiger partial charge < -0.3 is 10.2 Å². The van der Waals surface area contributed by atoms with Crippen LogP contribution in [0.25, 0.3) is 0 Å². The van der Waals surface area contributed by atoms with Crippen LogP contribution in [0.15, 0.2) is 0 Å². The molecular weight excluding hydrogens is 212 g/mol. The van der Waals surface area contributed by atoms with Crippen molar-refractivity contribution in [2.45, 2.75) is 13.8 Å². The van der Waals surface area contributed by atoms with Gasteiger partial charge in [0.15, 0.2) is 0 Å². The number of likely N-dealkylation sites (N-methyl/N-ethyl adjacent to an activating group) is 1. The van der Waals surface area contributed by atoms with Gasteiger partial charge >= 0.3 is 0 Å². The molecule has 1 heterocycles. The molecule has 15 heavy (non-hydrogen) atoms. The van der Waals surface area contributed by atoms with E-state index in [1.54, 1.807) is 0 Å². The number of nitrogens with one attached hydrogen (secondary N) is 1. The molecule has 0 aliphatic heterocycles. The fraction of sp³-hybridized carbons (Fsp3) is 0.600. The topological polar surface area (TPSA) is 41.1 Å². The molecule has 0 saturated heterocycles. The molecule has 0 atom stereocenters. The van der Waals surface area contributed by atoms with Crippen molar-refractivity contribution < 1.29 is 0 Å². The van der Waals surface area contributed by atoms with Gasteiger partial charge in [-0.25, -0.2) is 9.97 Å². The van der Waals surface area contributed by atoms with Gasteiger partial charge in [0.2, 0.25) is 5.28 Å². The molecule has 0 unspecified atom stereocenters. The molecule has 0 aliphatic carbocycles. The Morgan fingerprint density at radius 1 is 1.27 bits per heavy atom. The van der Waals surface area contributed by atoms with Crippen LogP contribution in [0.2, 0.25) is 5.28 Å². The van der Waals surface area contributed by atoms with Crippen molar-refractivity contribution in [2.75, 3.05) is 32.5 Å². The molecule has 1 aromatic rings. The summed E-state index contributed by atoms with van der Waals surface area (Å²) in [5.41, 5.74) is 1.97. The largest absolute Gasteiger partial charge is 0.368 e. The first-order valence-corrected chi connectivity index (χ1v) is 5.28. The third-order valence-electron chi connectivity index (χ3n) is 2.21. The first-order chi connectivity index (χ1) is 7.00. The Morgan fingerprint density at radius 2 is 1.93 bits per heavy atom. The molecule has 4 nitrogen and oxygen atoms in total. The second-order valence-electron chi connectivity index (χ2n) is 3.78. The van der Waals surface area contributed by atoms with Gasteiger partial charge in [0.05, 0.1) is 0 Å². The summed E-state index contributed by atoms with van der Waals surface area (Å²) in [6.07, 6.45) is 0. The minimum absolute atomic E-state index is 0.297. The summed E-state index contributed by atoms with van der Waals surface area (Å²) >= 11 is 5.79. The summed E-state index contributed by atoms with van der Waals surface area (Å²) in [6, 6.07) is 0. The predicted octanol–water partition coefficient (Wildman–Crippen LogP) is 1.72. The summed E-state index contributed by atoms with van der Waals surface area (Å²) in [7, 11) is 4.07. The van der Waals surface area contributed by atoms with Crippen LogP contribution in [-0.2, 0) is 0 Å². The highest BCUT2D eigenvalue weighted by Gasteiger charge is 2.05. The summed E-state index contributed by atoms with van der Waals surface area (Å²) < 4.78 is 0. The van der Waals surface area contributed by atoms with Gasteiger partial charge in [-0.2, -0.15) is 0 Å². The number of hydrogen-bond acceptors (Lipinski definition) is 4. The Bertz CT molecular complexity index is 338. The third kappa shape index (κ3) is 3.64. The molecule has 0 aromatic carbocycles. The number of nitrogens with zero attached hydrogens (tertiary/aromatic N) is 3. The van der Waals surface area contributed by atoms with E-state index in [0.29, 0.717) is 5.28 Å². The first-order valence-electron chi connectivity index (χ1n) is 4.90. The molecule has 1 aromatic heterocycles. The van der Waals surface area contributed by atoms with Crippen molar-refractivity contribution in [3.05, 3.63) is 16.5 Å². The molecule has 0 aliphatic rings. The maximum atomic E-state index is 5.79. The van der Waals surface area contributed by atoms with Crippen LogP contribution in [0.3, 0.4) is 0 Å². The van der Waals surface area contributed by atoms with E-state index in [2.05, 4.69) is 20.2 Å². The Morgan fingerprint density at radius 3 is 2.53 bits per heavy atom. The first kappa shape index (κ1) is 12.2. The fourth-order valence-electron chi connectivity index (χ4n) is 1.16. The Balaban J connectivity index is 2.68. The lowest BCUT2D eigenvalue weighted by Gasteiger charge is -2.13. The van der Waals surface area contributed by atoms with Crippen molar-refractivity contribution in [3.8, 4) is 0 Å². The van der Waals surface area contributed by atoms with E-state index >= 15 is 0 Å². The van der Waals surface area contributed by atoms with Crippen LogP contribution in [-0.4, -0.2) is 42.1 Å². The second kappa shape index (κ2) is 5.28. The van der Waals surface area contributed by atoms with Crippen LogP contribution in [0.1, 0.15) is 11.3 Å². The van der Waals surface area contributed by atoms with Gasteiger partial charge in [-0.3, -0.25) is 0 Å². The zero-order valence-corrected chi connectivity index (χ0v) is 10.4. The number of aryl methyl sites for hydroxylation is 1. The average Bonchev–Trinajstić information content (AvgIpc) is 2.12. The van der Waals surface area contributed by atoms with Crippen molar-refractivity contribution in [2.24, 2.45) is 0 Å². The van der Waals surface area contributed by atoms with Crippen molar-refractivity contribution in [1.82, 2.24) is 14.9 Å². The molecule has 0 fully saturated rings. The van der Waals surface area contributed by atoms with Crippen LogP contribution in [0, 0.1) is 13.8 Å². The van der Waals surface area contributed by atoms with E-state index in [1.807, 2.05) is 27.9 Å². The summed E-state index contributed by atoms with van der Waals surface area (Å²) in [4.78, 5) is 10.3. The number of hydrogen-bond donors (Lipinski definition) is 1. The van der Waals surface area contributed by atoms with E-state index in [9.17, 15) is 0 Å². The predicted molar refractivity (Wildman–Crippen MR) is 63.6 cm³/mol.